The number of hydrogen-bond donors (Lipinski definition) is 0. The molecule has 2 atom stereocenters. The second-order valence-electron chi connectivity index (χ2n) is 4.45. The van der Waals surface area contributed by atoms with Gasteiger partial charge in [-0.2, -0.15) is 0 Å². The van der Waals surface area contributed by atoms with Gasteiger partial charge >= 0.3 is 12.0 Å². The van der Waals surface area contributed by atoms with Crippen LogP contribution in [0.4, 0.5) is 0 Å². The molecule has 6 heteroatoms. The fourth-order valence-electron chi connectivity index (χ4n) is 1.90. The van der Waals surface area contributed by atoms with Gasteiger partial charge in [0.15, 0.2) is 5.78 Å². The van der Waals surface area contributed by atoms with Gasteiger partial charge in [-0.25, -0.2) is 4.79 Å². The molecule has 0 aliphatic heterocycles. The first-order valence-corrected chi connectivity index (χ1v) is 6.35. The molecule has 0 bridgehead atoms. The first kappa shape index (κ1) is 15.8. The molecule has 0 heterocycles. The largest absolute Gasteiger partial charge is 0.461 e. The van der Waals surface area contributed by atoms with E-state index in [4.69, 9.17) is 0 Å². The van der Waals surface area contributed by atoms with Gasteiger partial charge in [0.2, 0.25) is 0 Å². The van der Waals surface area contributed by atoms with Crippen LogP contribution in [0.15, 0.2) is 30.3 Å². The summed E-state index contributed by atoms with van der Waals surface area (Å²) in [5.41, 5.74) is 0.477. The second-order valence-corrected chi connectivity index (χ2v) is 4.45. The highest BCUT2D eigenvalue weighted by atomic mass is 16.6. The molecule has 0 aromatic heterocycles. The number of ketones is 1. The van der Waals surface area contributed by atoms with E-state index in [-0.39, 0.29) is 18.8 Å². The maximum atomic E-state index is 12.0. The molecule has 1 rings (SSSR count). The average molecular weight is 279 g/mol. The van der Waals surface area contributed by atoms with Crippen LogP contribution in [0.3, 0.4) is 0 Å². The Morgan fingerprint density at radius 2 is 1.90 bits per heavy atom. The van der Waals surface area contributed by atoms with Crippen LogP contribution >= 0.6 is 0 Å². The molecule has 6 nitrogen and oxygen atoms in total. The van der Waals surface area contributed by atoms with E-state index < -0.39 is 22.9 Å². The number of carbonyl (C=O) groups is 2. The molecule has 0 N–H and O–H groups in total. The summed E-state index contributed by atoms with van der Waals surface area (Å²) in [7, 11) is 0. The van der Waals surface area contributed by atoms with Gasteiger partial charge in [-0.05, 0) is 6.92 Å². The number of carbonyl (C=O) groups excluding carboxylic acids is 2. The topological polar surface area (TPSA) is 86.5 Å². The second kappa shape index (κ2) is 7.37. The number of nitrogens with zero attached hydrogens (tertiary/aromatic N) is 1. The Morgan fingerprint density at radius 3 is 2.40 bits per heavy atom. The zero-order valence-corrected chi connectivity index (χ0v) is 11.4. The SMILES string of the molecule is CCOC(=O)[C@H]([C@@H](C)CC(=O)c1ccccc1)[N+](=O)[O-]. The number of Topliss-reactive ketones (excluding diaryl/α,β-unsaturated/α-hetero) is 1. The smallest absolute Gasteiger partial charge is 0.381 e. The van der Waals surface area contributed by atoms with Gasteiger partial charge in [-0.1, -0.05) is 37.3 Å². The van der Waals surface area contributed by atoms with E-state index in [1.165, 1.54) is 6.92 Å². The van der Waals surface area contributed by atoms with Crippen LogP contribution in [0.5, 0.6) is 0 Å². The van der Waals surface area contributed by atoms with Gasteiger partial charge in [0.05, 0.1) is 6.61 Å². The Balaban J connectivity index is 2.76. The van der Waals surface area contributed by atoms with Crippen LogP contribution in [0, 0.1) is 16.0 Å². The van der Waals surface area contributed by atoms with Gasteiger partial charge in [-0.3, -0.25) is 14.9 Å². The predicted molar refractivity (Wildman–Crippen MR) is 72.0 cm³/mol. The molecule has 0 spiro atoms. The molecule has 20 heavy (non-hydrogen) atoms. The number of ether oxygens (including phenoxy) is 1. The van der Waals surface area contributed by atoms with E-state index in [9.17, 15) is 19.7 Å². The Kier molecular flexibility index (Phi) is 5.83. The predicted octanol–water partition coefficient (Wildman–Crippen LogP) is 2.10. The Labute approximate surface area is 116 Å². The molecule has 0 unspecified atom stereocenters. The standard InChI is InChI=1S/C14H17NO5/c1-3-20-14(17)13(15(18)19)10(2)9-12(16)11-7-5-4-6-8-11/h4-8,10,13H,3,9H2,1-2H3/t10-,13-/m0/s1. The van der Waals surface area contributed by atoms with Gasteiger partial charge in [0, 0.05) is 22.8 Å². The highest BCUT2D eigenvalue weighted by Gasteiger charge is 2.38. The number of esters is 1. The van der Waals surface area contributed by atoms with Gasteiger partial charge in [0.25, 0.3) is 0 Å². The maximum absolute atomic E-state index is 12.0. The fourth-order valence-corrected chi connectivity index (χ4v) is 1.90. The van der Waals surface area contributed by atoms with Crippen LogP contribution in [0.2, 0.25) is 0 Å². The first-order chi connectivity index (χ1) is 9.47. The van der Waals surface area contributed by atoms with Gasteiger partial charge in [0.1, 0.15) is 0 Å². The van der Waals surface area contributed by atoms with Crippen molar-refractivity contribution >= 4 is 11.8 Å². The van der Waals surface area contributed by atoms with Crippen molar-refractivity contribution in [1.29, 1.82) is 0 Å². The van der Waals surface area contributed by atoms with E-state index >= 15 is 0 Å². The lowest BCUT2D eigenvalue weighted by Crippen LogP contribution is -2.38. The van der Waals surface area contributed by atoms with Crippen LogP contribution < -0.4 is 0 Å². The molecule has 0 fully saturated rings. The molecule has 0 saturated heterocycles. The summed E-state index contributed by atoms with van der Waals surface area (Å²) in [6.45, 7) is 3.16. The summed E-state index contributed by atoms with van der Waals surface area (Å²) < 4.78 is 4.68. The highest BCUT2D eigenvalue weighted by molar-refractivity contribution is 5.96. The van der Waals surface area contributed by atoms with Crippen LogP contribution in [0.25, 0.3) is 0 Å². The quantitative estimate of drug-likeness (QED) is 0.330. The van der Waals surface area contributed by atoms with E-state index in [0.717, 1.165) is 0 Å². The average Bonchev–Trinajstić information content (AvgIpc) is 2.39. The van der Waals surface area contributed by atoms with E-state index in [0.29, 0.717) is 5.56 Å². The van der Waals surface area contributed by atoms with Crippen molar-refractivity contribution in [3.63, 3.8) is 0 Å². The van der Waals surface area contributed by atoms with Crippen molar-refractivity contribution in [2.24, 2.45) is 5.92 Å². The summed E-state index contributed by atoms with van der Waals surface area (Å²) in [5, 5.41) is 11.0. The molecular formula is C14H17NO5. The minimum Gasteiger partial charge on any atom is -0.461 e. The third kappa shape index (κ3) is 4.15. The van der Waals surface area contributed by atoms with E-state index in [1.807, 2.05) is 0 Å². The molecule has 108 valence electrons. The van der Waals surface area contributed by atoms with Crippen molar-refractivity contribution in [3.05, 3.63) is 46.0 Å². The lowest BCUT2D eigenvalue weighted by atomic mass is 9.93. The molecule has 0 saturated carbocycles. The number of rotatable bonds is 7. The molecule has 0 aliphatic rings. The van der Waals surface area contributed by atoms with Crippen molar-refractivity contribution < 1.29 is 19.2 Å². The fraction of sp³-hybridized carbons (Fsp3) is 0.429. The molecule has 0 radical (unpaired) electrons. The van der Waals surface area contributed by atoms with Crippen molar-refractivity contribution in [2.45, 2.75) is 26.3 Å². The Hall–Kier alpha value is -2.24. The van der Waals surface area contributed by atoms with Crippen molar-refractivity contribution in [3.8, 4) is 0 Å². The monoisotopic (exact) mass is 279 g/mol. The summed E-state index contributed by atoms with van der Waals surface area (Å²) in [4.78, 5) is 33.8. The Bertz CT molecular complexity index is 486. The van der Waals surface area contributed by atoms with Crippen molar-refractivity contribution in [2.75, 3.05) is 6.61 Å². The summed E-state index contributed by atoms with van der Waals surface area (Å²) in [6.07, 6.45) is -0.0749. The number of nitro groups is 1. The zero-order chi connectivity index (χ0) is 15.1. The van der Waals surface area contributed by atoms with Gasteiger partial charge in [-0.15, -0.1) is 0 Å². The third-order valence-electron chi connectivity index (χ3n) is 2.90. The van der Waals surface area contributed by atoms with Crippen molar-refractivity contribution in [1.82, 2.24) is 0 Å². The van der Waals surface area contributed by atoms with Crippen LogP contribution in [-0.4, -0.2) is 29.3 Å². The van der Waals surface area contributed by atoms with Crippen LogP contribution in [-0.2, 0) is 9.53 Å². The molecular weight excluding hydrogens is 262 g/mol. The van der Waals surface area contributed by atoms with E-state index in [2.05, 4.69) is 4.74 Å². The van der Waals surface area contributed by atoms with E-state index in [1.54, 1.807) is 37.3 Å². The minimum absolute atomic E-state index is 0.0719. The number of benzene rings is 1. The normalized spacial score (nSPS) is 13.3. The van der Waals surface area contributed by atoms with Crippen LogP contribution in [0.1, 0.15) is 30.6 Å². The summed E-state index contributed by atoms with van der Waals surface area (Å²) >= 11 is 0. The molecule has 0 aliphatic carbocycles. The molecule has 0 amide bonds. The molecule has 1 aromatic rings. The summed E-state index contributed by atoms with van der Waals surface area (Å²) in [6, 6.07) is 6.98. The maximum Gasteiger partial charge on any atom is 0.381 e. The van der Waals surface area contributed by atoms with Gasteiger partial charge < -0.3 is 4.74 Å². The number of hydrogen-bond acceptors (Lipinski definition) is 5. The molecule has 1 aromatic carbocycles. The summed E-state index contributed by atoms with van der Waals surface area (Å²) in [5.74, 6) is -1.85. The lowest BCUT2D eigenvalue weighted by Gasteiger charge is -2.15. The highest BCUT2D eigenvalue weighted by Crippen LogP contribution is 2.16. The first-order valence-electron chi connectivity index (χ1n) is 6.35. The Morgan fingerprint density at radius 1 is 1.30 bits per heavy atom. The minimum atomic E-state index is -1.51. The zero-order valence-electron chi connectivity index (χ0n) is 11.4. The third-order valence-corrected chi connectivity index (χ3v) is 2.90. The lowest BCUT2D eigenvalue weighted by molar-refractivity contribution is -0.518.